The monoisotopic (exact) mass is 290 g/mol. The standard InChI is InChI=1S/C17H26N2S/c1-2-3-7-14-10-12-16(13-11-14)19-17(20)18-15-8-5-4-6-9-15/h10-13,15H,2-9H2,1H3,(H2,18,19,20). The molecule has 1 aliphatic rings. The van der Waals surface area contributed by atoms with Gasteiger partial charge in [-0.2, -0.15) is 0 Å². The minimum absolute atomic E-state index is 0.563. The van der Waals surface area contributed by atoms with Crippen LogP contribution in [0.4, 0.5) is 5.69 Å². The first-order valence-electron chi connectivity index (χ1n) is 7.94. The first-order chi connectivity index (χ1) is 9.78. The first-order valence-corrected chi connectivity index (χ1v) is 8.35. The summed E-state index contributed by atoms with van der Waals surface area (Å²) in [6.45, 7) is 2.23. The summed E-state index contributed by atoms with van der Waals surface area (Å²) in [4.78, 5) is 0. The van der Waals surface area contributed by atoms with E-state index in [0.717, 1.165) is 10.8 Å². The van der Waals surface area contributed by atoms with Crippen LogP contribution in [0.1, 0.15) is 57.4 Å². The van der Waals surface area contributed by atoms with Crippen LogP contribution >= 0.6 is 12.2 Å². The van der Waals surface area contributed by atoms with E-state index in [1.54, 1.807) is 0 Å². The van der Waals surface area contributed by atoms with Crippen LogP contribution in [0, 0.1) is 0 Å². The molecule has 0 atom stereocenters. The predicted molar refractivity (Wildman–Crippen MR) is 91.3 cm³/mol. The number of benzene rings is 1. The van der Waals surface area contributed by atoms with Crippen LogP contribution < -0.4 is 10.6 Å². The second-order valence-corrected chi connectivity index (χ2v) is 6.14. The van der Waals surface area contributed by atoms with Gasteiger partial charge < -0.3 is 10.6 Å². The smallest absolute Gasteiger partial charge is 0.170 e. The topological polar surface area (TPSA) is 24.1 Å². The molecule has 2 N–H and O–H groups in total. The number of hydrogen-bond donors (Lipinski definition) is 2. The van der Waals surface area contributed by atoms with Gasteiger partial charge in [-0.25, -0.2) is 0 Å². The highest BCUT2D eigenvalue weighted by Crippen LogP contribution is 2.18. The fourth-order valence-corrected chi connectivity index (χ4v) is 3.02. The van der Waals surface area contributed by atoms with Crippen molar-refractivity contribution in [1.82, 2.24) is 5.32 Å². The number of anilines is 1. The van der Waals surface area contributed by atoms with E-state index in [1.807, 2.05) is 0 Å². The zero-order valence-electron chi connectivity index (χ0n) is 12.5. The zero-order chi connectivity index (χ0) is 14.2. The van der Waals surface area contributed by atoms with Crippen LogP contribution in [0.2, 0.25) is 0 Å². The molecule has 0 spiro atoms. The largest absolute Gasteiger partial charge is 0.360 e. The number of aryl methyl sites for hydroxylation is 1. The van der Waals surface area contributed by atoms with Crippen molar-refractivity contribution in [1.29, 1.82) is 0 Å². The molecule has 110 valence electrons. The van der Waals surface area contributed by atoms with Gasteiger partial charge in [-0.15, -0.1) is 0 Å². The van der Waals surface area contributed by atoms with Gasteiger partial charge in [0.15, 0.2) is 5.11 Å². The van der Waals surface area contributed by atoms with E-state index < -0.39 is 0 Å². The summed E-state index contributed by atoms with van der Waals surface area (Å²) in [5.74, 6) is 0. The maximum absolute atomic E-state index is 5.40. The molecule has 1 aromatic rings. The molecule has 0 unspecified atom stereocenters. The minimum atomic E-state index is 0.563. The fourth-order valence-electron chi connectivity index (χ4n) is 2.74. The van der Waals surface area contributed by atoms with E-state index in [9.17, 15) is 0 Å². The van der Waals surface area contributed by atoms with Gasteiger partial charge in [0.2, 0.25) is 0 Å². The Bertz CT molecular complexity index is 408. The van der Waals surface area contributed by atoms with E-state index in [-0.39, 0.29) is 0 Å². The Labute approximate surface area is 128 Å². The molecule has 2 nitrogen and oxygen atoms in total. The van der Waals surface area contributed by atoms with Gasteiger partial charge in [0.25, 0.3) is 0 Å². The quantitative estimate of drug-likeness (QED) is 0.772. The average molecular weight is 290 g/mol. The summed E-state index contributed by atoms with van der Waals surface area (Å²) in [5, 5.41) is 7.49. The van der Waals surface area contributed by atoms with Crippen LogP contribution in [0.3, 0.4) is 0 Å². The normalized spacial score (nSPS) is 15.8. The molecule has 0 aromatic heterocycles. The molecule has 0 bridgehead atoms. The molecule has 2 rings (SSSR count). The predicted octanol–water partition coefficient (Wildman–Crippen LogP) is 4.65. The Hall–Kier alpha value is -1.09. The maximum atomic E-state index is 5.40. The number of hydrogen-bond acceptors (Lipinski definition) is 1. The summed E-state index contributed by atoms with van der Waals surface area (Å²) in [6, 6.07) is 9.20. The van der Waals surface area contributed by atoms with Crippen molar-refractivity contribution in [3.8, 4) is 0 Å². The van der Waals surface area contributed by atoms with Crippen molar-refractivity contribution in [2.75, 3.05) is 5.32 Å². The lowest BCUT2D eigenvalue weighted by molar-refractivity contribution is 0.415. The number of thiocarbonyl (C=S) groups is 1. The Balaban J connectivity index is 1.78. The molecule has 0 heterocycles. The van der Waals surface area contributed by atoms with Gasteiger partial charge in [0.05, 0.1) is 0 Å². The van der Waals surface area contributed by atoms with Crippen LogP contribution in [-0.4, -0.2) is 11.2 Å². The summed E-state index contributed by atoms with van der Waals surface area (Å²) in [5.41, 5.74) is 2.49. The average Bonchev–Trinajstić information content (AvgIpc) is 2.47. The first kappa shape index (κ1) is 15.3. The lowest BCUT2D eigenvalue weighted by atomic mass is 9.96. The van der Waals surface area contributed by atoms with Crippen molar-refractivity contribution in [2.24, 2.45) is 0 Å². The van der Waals surface area contributed by atoms with Crippen LogP contribution in [0.15, 0.2) is 24.3 Å². The molecule has 1 saturated carbocycles. The third-order valence-electron chi connectivity index (χ3n) is 3.97. The number of nitrogens with one attached hydrogen (secondary N) is 2. The molecule has 1 fully saturated rings. The van der Waals surface area contributed by atoms with Gasteiger partial charge >= 0.3 is 0 Å². The Morgan fingerprint density at radius 1 is 1.15 bits per heavy atom. The van der Waals surface area contributed by atoms with Gasteiger partial charge in [-0.3, -0.25) is 0 Å². The summed E-state index contributed by atoms with van der Waals surface area (Å²) >= 11 is 5.40. The lowest BCUT2D eigenvalue weighted by Gasteiger charge is -2.24. The molecule has 1 aromatic carbocycles. The molecule has 0 radical (unpaired) electrons. The second kappa shape index (κ2) is 8.25. The number of unbranched alkanes of at least 4 members (excludes halogenated alkanes) is 1. The Morgan fingerprint density at radius 2 is 1.85 bits per heavy atom. The highest BCUT2D eigenvalue weighted by Gasteiger charge is 2.13. The van der Waals surface area contributed by atoms with Crippen molar-refractivity contribution in [2.45, 2.75) is 64.3 Å². The highest BCUT2D eigenvalue weighted by molar-refractivity contribution is 7.80. The van der Waals surface area contributed by atoms with Crippen molar-refractivity contribution in [3.05, 3.63) is 29.8 Å². The van der Waals surface area contributed by atoms with Crippen molar-refractivity contribution in [3.63, 3.8) is 0 Å². The van der Waals surface area contributed by atoms with E-state index in [1.165, 1.54) is 56.9 Å². The van der Waals surface area contributed by atoms with E-state index in [0.29, 0.717) is 6.04 Å². The highest BCUT2D eigenvalue weighted by atomic mass is 32.1. The van der Waals surface area contributed by atoms with Gasteiger partial charge in [0.1, 0.15) is 0 Å². The zero-order valence-corrected chi connectivity index (χ0v) is 13.3. The van der Waals surface area contributed by atoms with Gasteiger partial charge in [-0.05, 0) is 55.6 Å². The molecule has 3 heteroatoms. The van der Waals surface area contributed by atoms with Gasteiger partial charge in [-0.1, -0.05) is 44.7 Å². The molecule has 20 heavy (non-hydrogen) atoms. The molecular formula is C17H26N2S. The Kier molecular flexibility index (Phi) is 6.31. The second-order valence-electron chi connectivity index (χ2n) is 5.73. The van der Waals surface area contributed by atoms with Crippen molar-refractivity contribution >= 4 is 23.0 Å². The molecule has 1 aliphatic carbocycles. The van der Waals surface area contributed by atoms with E-state index in [2.05, 4.69) is 41.8 Å². The lowest BCUT2D eigenvalue weighted by Crippen LogP contribution is -2.38. The van der Waals surface area contributed by atoms with Gasteiger partial charge in [0, 0.05) is 11.7 Å². The van der Waals surface area contributed by atoms with E-state index in [4.69, 9.17) is 12.2 Å². The molecular weight excluding hydrogens is 264 g/mol. The summed E-state index contributed by atoms with van der Waals surface area (Å²) in [6.07, 6.45) is 10.2. The summed E-state index contributed by atoms with van der Waals surface area (Å²) < 4.78 is 0. The summed E-state index contributed by atoms with van der Waals surface area (Å²) in [7, 11) is 0. The fraction of sp³-hybridized carbons (Fsp3) is 0.588. The SMILES string of the molecule is CCCCc1ccc(NC(=S)NC2CCCCC2)cc1. The van der Waals surface area contributed by atoms with Crippen LogP contribution in [-0.2, 0) is 6.42 Å². The molecule has 0 amide bonds. The Morgan fingerprint density at radius 3 is 2.50 bits per heavy atom. The molecule has 0 saturated heterocycles. The van der Waals surface area contributed by atoms with E-state index >= 15 is 0 Å². The minimum Gasteiger partial charge on any atom is -0.360 e. The number of rotatable bonds is 5. The van der Waals surface area contributed by atoms with Crippen LogP contribution in [0.25, 0.3) is 0 Å². The maximum Gasteiger partial charge on any atom is 0.170 e. The third kappa shape index (κ3) is 5.12. The van der Waals surface area contributed by atoms with Crippen LogP contribution in [0.5, 0.6) is 0 Å². The van der Waals surface area contributed by atoms with Crippen molar-refractivity contribution < 1.29 is 0 Å². The molecule has 0 aliphatic heterocycles. The third-order valence-corrected chi connectivity index (χ3v) is 4.19.